The fraction of sp³-hybridized carbons (Fsp3) is 0.103. The molecule has 306 valence electrons. The van der Waals surface area contributed by atoms with Crippen molar-refractivity contribution in [3.63, 3.8) is 0 Å². The van der Waals surface area contributed by atoms with Crippen molar-refractivity contribution in [2.24, 2.45) is 0 Å². The fourth-order valence-corrected chi connectivity index (χ4v) is 9.33. The van der Waals surface area contributed by atoms with Crippen LogP contribution >= 0.6 is 0 Å². The molecule has 6 nitrogen and oxygen atoms in total. The van der Waals surface area contributed by atoms with Crippen molar-refractivity contribution in [1.82, 2.24) is 0 Å². The number of hydrogen-bond acceptors (Lipinski definition) is 6. The van der Waals surface area contributed by atoms with E-state index in [9.17, 15) is 10.5 Å². The average Bonchev–Trinajstić information content (AvgIpc) is 3.83. The normalized spacial score (nSPS) is 11.6. The highest BCUT2D eigenvalue weighted by molar-refractivity contribution is 6.18. The van der Waals surface area contributed by atoms with E-state index in [2.05, 4.69) is 154 Å². The molecule has 2 heterocycles. The molecule has 2 aromatic heterocycles. The van der Waals surface area contributed by atoms with Gasteiger partial charge in [-0.2, -0.15) is 10.5 Å². The largest absolute Gasteiger partial charge is 0.456 e. The molecule has 6 heteroatoms. The van der Waals surface area contributed by atoms with Crippen LogP contribution in [0.2, 0.25) is 0 Å². The van der Waals surface area contributed by atoms with Crippen LogP contribution in [0.25, 0.3) is 65.4 Å². The molecule has 0 saturated heterocycles. The summed E-state index contributed by atoms with van der Waals surface area (Å²) in [5.41, 5.74) is 18.0. The first kappa shape index (κ1) is 38.6. The third-order valence-electron chi connectivity index (χ3n) is 13.3. The summed E-state index contributed by atoms with van der Waals surface area (Å²) in [6.07, 6.45) is 0. The number of hydrogen-bond donors (Lipinski definition) is 0. The molecule has 11 rings (SSSR count). The Morgan fingerprint density at radius 1 is 0.328 bits per heavy atom. The Morgan fingerprint density at radius 2 is 0.672 bits per heavy atom. The Bertz CT molecular complexity index is 3530. The summed E-state index contributed by atoms with van der Waals surface area (Å²) < 4.78 is 13.2. The Balaban J connectivity index is 1.00. The highest BCUT2D eigenvalue weighted by Crippen LogP contribution is 2.43. The molecule has 0 aliphatic rings. The van der Waals surface area contributed by atoms with Crippen molar-refractivity contribution in [3.05, 3.63) is 190 Å². The standard InChI is InChI=1S/C58H42N4O2/c1-33-19-49(20-34(2)37(33)5)61(45-13-7-39(31-59)8-14-45)47-17-11-41-25-51-53-29-54-52-26-42-12-18-48(24-44(42)28-56(52)64-58(54)30-57(53)63-55(51)27-43(41)23-47)62(46-15-9-40(32-60)10-16-46)50-21-35(3)38(6)36(4)22-50/h7-30H,1-6H3. The third-order valence-corrected chi connectivity index (χ3v) is 13.3. The van der Waals surface area contributed by atoms with Gasteiger partial charge in [-0.15, -0.1) is 0 Å². The van der Waals surface area contributed by atoms with E-state index in [1.165, 1.54) is 33.4 Å². The van der Waals surface area contributed by atoms with Gasteiger partial charge in [0.15, 0.2) is 0 Å². The monoisotopic (exact) mass is 826 g/mol. The van der Waals surface area contributed by atoms with E-state index in [1.807, 2.05) is 54.6 Å². The highest BCUT2D eigenvalue weighted by Gasteiger charge is 2.20. The summed E-state index contributed by atoms with van der Waals surface area (Å²) in [7, 11) is 0. The van der Waals surface area contributed by atoms with Gasteiger partial charge in [-0.3, -0.25) is 0 Å². The van der Waals surface area contributed by atoms with E-state index in [4.69, 9.17) is 8.83 Å². The molecule has 9 aromatic carbocycles. The van der Waals surface area contributed by atoms with E-state index in [-0.39, 0.29) is 0 Å². The van der Waals surface area contributed by atoms with Crippen molar-refractivity contribution in [1.29, 1.82) is 10.5 Å². The summed E-state index contributed by atoms with van der Waals surface area (Å²) >= 11 is 0. The van der Waals surface area contributed by atoms with Crippen LogP contribution in [0.15, 0.2) is 154 Å². The smallest absolute Gasteiger partial charge is 0.139 e. The second-order valence-corrected chi connectivity index (χ2v) is 17.2. The minimum absolute atomic E-state index is 0.626. The molecule has 64 heavy (non-hydrogen) atoms. The Morgan fingerprint density at radius 3 is 1.05 bits per heavy atom. The van der Waals surface area contributed by atoms with Gasteiger partial charge in [0, 0.05) is 61.7 Å². The zero-order valence-electron chi connectivity index (χ0n) is 36.5. The number of rotatable bonds is 6. The van der Waals surface area contributed by atoms with Crippen LogP contribution in [0.4, 0.5) is 34.1 Å². The number of nitriles is 2. The second-order valence-electron chi connectivity index (χ2n) is 17.2. The molecule has 0 unspecified atom stereocenters. The lowest BCUT2D eigenvalue weighted by Gasteiger charge is -2.27. The molecule has 0 N–H and O–H groups in total. The predicted octanol–water partition coefficient (Wildman–Crippen LogP) is 16.3. The predicted molar refractivity (Wildman–Crippen MR) is 263 cm³/mol. The van der Waals surface area contributed by atoms with E-state index >= 15 is 0 Å². The summed E-state index contributed by atoms with van der Waals surface area (Å²) in [5.74, 6) is 0. The minimum atomic E-state index is 0.626. The summed E-state index contributed by atoms with van der Waals surface area (Å²) in [5, 5.41) is 27.6. The van der Waals surface area contributed by atoms with Gasteiger partial charge >= 0.3 is 0 Å². The maximum Gasteiger partial charge on any atom is 0.139 e. The lowest BCUT2D eigenvalue weighted by Crippen LogP contribution is -2.11. The van der Waals surface area contributed by atoms with Crippen molar-refractivity contribution >= 4 is 99.5 Å². The fourth-order valence-electron chi connectivity index (χ4n) is 9.33. The third kappa shape index (κ3) is 6.31. The van der Waals surface area contributed by atoms with E-state index in [0.29, 0.717) is 11.1 Å². The van der Waals surface area contributed by atoms with Crippen LogP contribution in [0.3, 0.4) is 0 Å². The molecular weight excluding hydrogens is 785 g/mol. The van der Waals surface area contributed by atoms with Crippen molar-refractivity contribution in [2.75, 3.05) is 9.80 Å². The molecular formula is C58H42N4O2. The summed E-state index contributed by atoms with van der Waals surface area (Å²) in [6.45, 7) is 12.9. The number of anilines is 6. The van der Waals surface area contributed by atoms with Gasteiger partial charge in [0.25, 0.3) is 0 Å². The first-order valence-corrected chi connectivity index (χ1v) is 21.5. The SMILES string of the molecule is Cc1cc(N(c2ccc(C#N)cc2)c2ccc3cc4c(cc3c2)oc2cc3oc5cc6cc(N(c7ccc(C#N)cc7)c7cc(C)c(C)c(C)c7)ccc6cc5c3cc24)cc(C)c1C. The van der Waals surface area contributed by atoms with Gasteiger partial charge in [-0.05, 0) is 224 Å². The average molecular weight is 827 g/mol. The molecule has 0 amide bonds. The molecule has 0 saturated carbocycles. The molecule has 0 spiro atoms. The number of aryl methyl sites for hydroxylation is 4. The van der Waals surface area contributed by atoms with Crippen LogP contribution < -0.4 is 9.80 Å². The maximum absolute atomic E-state index is 9.52. The molecule has 0 bridgehead atoms. The summed E-state index contributed by atoms with van der Waals surface area (Å²) in [6, 6.07) is 55.1. The number of benzene rings is 9. The first-order valence-electron chi connectivity index (χ1n) is 21.5. The lowest BCUT2D eigenvalue weighted by molar-refractivity contribution is 0.656. The van der Waals surface area contributed by atoms with Gasteiger partial charge in [0.05, 0.1) is 23.3 Å². The topological polar surface area (TPSA) is 80.3 Å². The van der Waals surface area contributed by atoms with Crippen LogP contribution in [-0.2, 0) is 0 Å². The molecule has 11 aromatic rings. The molecule has 0 aliphatic carbocycles. The Kier molecular flexibility index (Phi) is 8.84. The van der Waals surface area contributed by atoms with Crippen LogP contribution in [0.5, 0.6) is 0 Å². The van der Waals surface area contributed by atoms with Gasteiger partial charge < -0.3 is 18.6 Å². The zero-order chi connectivity index (χ0) is 44.0. The second kappa shape index (κ2) is 14.7. The van der Waals surface area contributed by atoms with Gasteiger partial charge in [0.2, 0.25) is 0 Å². The number of fused-ring (bicyclic) bond motifs is 8. The zero-order valence-corrected chi connectivity index (χ0v) is 36.5. The minimum Gasteiger partial charge on any atom is -0.456 e. The Hall–Kier alpha value is -8.32. The van der Waals surface area contributed by atoms with Crippen LogP contribution in [-0.4, -0.2) is 0 Å². The van der Waals surface area contributed by atoms with Gasteiger partial charge in [0.1, 0.15) is 22.3 Å². The van der Waals surface area contributed by atoms with Gasteiger partial charge in [-0.1, -0.05) is 12.1 Å². The number of nitrogens with zero attached hydrogens (tertiary/aromatic N) is 4. The first-order chi connectivity index (χ1) is 31.0. The quantitative estimate of drug-likeness (QED) is 0.166. The van der Waals surface area contributed by atoms with Crippen molar-refractivity contribution < 1.29 is 8.83 Å². The highest BCUT2D eigenvalue weighted by atomic mass is 16.3. The van der Waals surface area contributed by atoms with E-state index in [1.54, 1.807) is 0 Å². The maximum atomic E-state index is 9.52. The molecule has 0 aliphatic heterocycles. The summed E-state index contributed by atoms with van der Waals surface area (Å²) in [4.78, 5) is 4.51. The lowest BCUT2D eigenvalue weighted by atomic mass is 10.0. The van der Waals surface area contributed by atoms with Crippen molar-refractivity contribution in [2.45, 2.75) is 41.5 Å². The van der Waals surface area contributed by atoms with Crippen LogP contribution in [0, 0.1) is 64.2 Å². The number of furan rings is 2. The van der Waals surface area contributed by atoms with E-state index < -0.39 is 0 Å². The van der Waals surface area contributed by atoms with Gasteiger partial charge in [-0.25, -0.2) is 0 Å². The molecule has 0 fully saturated rings. The Labute approximate surface area is 371 Å². The molecule has 0 atom stereocenters. The van der Waals surface area contributed by atoms with Crippen molar-refractivity contribution in [3.8, 4) is 12.1 Å². The van der Waals surface area contributed by atoms with E-state index in [0.717, 1.165) is 99.5 Å². The molecule has 0 radical (unpaired) electrons. The van der Waals surface area contributed by atoms with Crippen LogP contribution in [0.1, 0.15) is 44.5 Å².